The molecule has 0 aliphatic heterocycles. The van der Waals surface area contributed by atoms with E-state index in [9.17, 15) is 14.4 Å². The highest BCUT2D eigenvalue weighted by atomic mass is 35.5. The lowest BCUT2D eigenvalue weighted by atomic mass is 10.1. The van der Waals surface area contributed by atoms with Crippen molar-refractivity contribution in [1.82, 2.24) is 30.3 Å². The normalized spacial score (nSPS) is 13.8. The first-order chi connectivity index (χ1) is 18.8. The number of aromatic nitrogens is 4. The average Bonchev–Trinajstić information content (AvgIpc) is 3.51. The van der Waals surface area contributed by atoms with Gasteiger partial charge in [-0.25, -0.2) is 0 Å². The van der Waals surface area contributed by atoms with Gasteiger partial charge >= 0.3 is 0 Å². The molecular formula is C28H23ClN6O4. The van der Waals surface area contributed by atoms with Gasteiger partial charge in [-0.3, -0.25) is 14.4 Å². The number of pyridine rings is 1. The van der Waals surface area contributed by atoms with Gasteiger partial charge in [-0.1, -0.05) is 53.2 Å². The van der Waals surface area contributed by atoms with Crippen molar-refractivity contribution in [3.63, 3.8) is 0 Å². The van der Waals surface area contributed by atoms with Gasteiger partial charge in [-0.15, -0.1) is 0 Å². The standard InChI is InChI=1S/C28H23ClN6O4/c1-16-31-25(34-39-16)24-23(29)19-5-2-3-7-21(19)35(24)18-11-9-17(10-12-18)15-30-27(38)28(13-14-28)33-26(37)20-6-4-8-22(36)32-20/h2-12H,13-15H2,1H3,(H,30,38)(H,32,36)(H,33,37). The Hall–Kier alpha value is -4.70. The summed E-state index contributed by atoms with van der Waals surface area (Å²) >= 11 is 6.77. The summed E-state index contributed by atoms with van der Waals surface area (Å²) in [6.45, 7) is 2.00. The minimum atomic E-state index is -0.970. The number of H-pyrrole nitrogens is 1. The lowest BCUT2D eigenvalue weighted by Gasteiger charge is -2.17. The zero-order valence-corrected chi connectivity index (χ0v) is 21.6. The first-order valence-electron chi connectivity index (χ1n) is 12.3. The number of carbonyl (C=O) groups excluding carboxylic acids is 2. The van der Waals surface area contributed by atoms with E-state index in [1.165, 1.54) is 18.2 Å². The molecule has 1 aliphatic rings. The van der Waals surface area contributed by atoms with E-state index in [0.29, 0.717) is 35.3 Å². The number of carbonyl (C=O) groups is 2. The van der Waals surface area contributed by atoms with Crippen LogP contribution in [0.4, 0.5) is 0 Å². The van der Waals surface area contributed by atoms with Gasteiger partial charge in [0.05, 0.1) is 10.5 Å². The van der Waals surface area contributed by atoms with Crippen LogP contribution in [0.3, 0.4) is 0 Å². The number of nitrogens with one attached hydrogen (secondary N) is 3. The molecule has 0 unspecified atom stereocenters. The summed E-state index contributed by atoms with van der Waals surface area (Å²) in [6, 6.07) is 19.8. The van der Waals surface area contributed by atoms with Gasteiger partial charge in [0.15, 0.2) is 0 Å². The van der Waals surface area contributed by atoms with Crippen LogP contribution in [0.15, 0.2) is 76.0 Å². The molecule has 11 heteroatoms. The first-order valence-corrected chi connectivity index (χ1v) is 12.7. The molecule has 1 aliphatic carbocycles. The summed E-state index contributed by atoms with van der Waals surface area (Å²) in [5.74, 6) is 0.0677. The van der Waals surface area contributed by atoms with E-state index in [-0.39, 0.29) is 23.7 Å². The first kappa shape index (κ1) is 24.6. The molecule has 0 atom stereocenters. The molecule has 196 valence electrons. The third kappa shape index (κ3) is 4.59. The van der Waals surface area contributed by atoms with Gasteiger partial charge in [-0.2, -0.15) is 4.98 Å². The highest BCUT2D eigenvalue weighted by Crippen LogP contribution is 2.39. The van der Waals surface area contributed by atoms with Crippen LogP contribution in [0.1, 0.15) is 34.8 Å². The summed E-state index contributed by atoms with van der Waals surface area (Å²) in [5.41, 5.74) is 2.01. The fraction of sp³-hybridized carbons (Fsp3) is 0.179. The maximum atomic E-state index is 12.9. The minimum Gasteiger partial charge on any atom is -0.350 e. The van der Waals surface area contributed by atoms with Crippen LogP contribution >= 0.6 is 11.6 Å². The van der Waals surface area contributed by atoms with Crippen molar-refractivity contribution < 1.29 is 14.1 Å². The Balaban J connectivity index is 1.20. The van der Waals surface area contributed by atoms with Gasteiger partial charge in [0.25, 0.3) is 5.91 Å². The van der Waals surface area contributed by atoms with Gasteiger partial charge in [0, 0.05) is 30.6 Å². The van der Waals surface area contributed by atoms with Crippen molar-refractivity contribution >= 4 is 34.3 Å². The topological polar surface area (TPSA) is 135 Å². The Bertz CT molecular complexity index is 1780. The molecule has 3 heterocycles. The van der Waals surface area contributed by atoms with Crippen molar-refractivity contribution in [2.75, 3.05) is 0 Å². The largest absolute Gasteiger partial charge is 0.350 e. The molecule has 0 radical (unpaired) electrons. The van der Waals surface area contributed by atoms with Crippen LogP contribution in [0.5, 0.6) is 0 Å². The van der Waals surface area contributed by atoms with E-state index < -0.39 is 11.4 Å². The maximum absolute atomic E-state index is 12.9. The SMILES string of the molecule is Cc1nc(-c2c(Cl)c3ccccc3n2-c2ccc(CNC(=O)C3(NC(=O)c4cccc(=O)[nH]4)CC3)cc2)no1. The van der Waals surface area contributed by atoms with Crippen LogP contribution in [-0.4, -0.2) is 37.0 Å². The molecule has 5 aromatic rings. The molecule has 0 spiro atoms. The molecular weight excluding hydrogens is 520 g/mol. The number of hydrogen-bond acceptors (Lipinski definition) is 6. The second-order valence-electron chi connectivity index (χ2n) is 9.47. The van der Waals surface area contributed by atoms with Crippen LogP contribution in [0.2, 0.25) is 5.02 Å². The maximum Gasteiger partial charge on any atom is 0.268 e. The second-order valence-corrected chi connectivity index (χ2v) is 9.84. The molecule has 10 nitrogen and oxygen atoms in total. The van der Waals surface area contributed by atoms with Gasteiger partial charge < -0.3 is 24.7 Å². The van der Waals surface area contributed by atoms with Crippen molar-refractivity contribution in [2.24, 2.45) is 0 Å². The third-order valence-corrected chi connectivity index (χ3v) is 7.13. The summed E-state index contributed by atoms with van der Waals surface area (Å²) < 4.78 is 7.19. The number of nitrogens with zero attached hydrogens (tertiary/aromatic N) is 3. The fourth-order valence-corrected chi connectivity index (χ4v) is 4.90. The molecule has 39 heavy (non-hydrogen) atoms. The number of hydrogen-bond donors (Lipinski definition) is 3. The van der Waals surface area contributed by atoms with Gasteiger partial charge in [-0.05, 0) is 42.7 Å². The predicted molar refractivity (Wildman–Crippen MR) is 145 cm³/mol. The Labute approximate surface area is 227 Å². The summed E-state index contributed by atoms with van der Waals surface area (Å²) in [6.07, 6.45) is 1.06. The zero-order valence-electron chi connectivity index (χ0n) is 20.8. The summed E-state index contributed by atoms with van der Waals surface area (Å²) in [7, 11) is 0. The summed E-state index contributed by atoms with van der Waals surface area (Å²) in [5, 5.41) is 11.2. The van der Waals surface area contributed by atoms with Crippen LogP contribution in [0.25, 0.3) is 28.1 Å². The smallest absolute Gasteiger partial charge is 0.268 e. The lowest BCUT2D eigenvalue weighted by molar-refractivity contribution is -0.124. The van der Waals surface area contributed by atoms with Gasteiger partial charge in [0.1, 0.15) is 16.9 Å². The number of benzene rings is 2. The van der Waals surface area contributed by atoms with Crippen molar-refractivity contribution in [3.8, 4) is 17.2 Å². The van der Waals surface area contributed by atoms with Crippen molar-refractivity contribution in [2.45, 2.75) is 31.8 Å². The number of rotatable bonds is 7. The predicted octanol–water partition coefficient (Wildman–Crippen LogP) is 3.91. The Morgan fingerprint density at radius 3 is 2.54 bits per heavy atom. The zero-order chi connectivity index (χ0) is 27.1. The number of amides is 2. The molecule has 1 saturated carbocycles. The quantitative estimate of drug-likeness (QED) is 0.285. The van der Waals surface area contributed by atoms with Crippen molar-refractivity contribution in [3.05, 3.63) is 99.3 Å². The van der Waals surface area contributed by atoms with Crippen LogP contribution in [-0.2, 0) is 11.3 Å². The van der Waals surface area contributed by atoms with E-state index in [4.69, 9.17) is 16.1 Å². The van der Waals surface area contributed by atoms with E-state index in [0.717, 1.165) is 22.2 Å². The molecule has 2 aromatic carbocycles. The number of fused-ring (bicyclic) bond motifs is 1. The number of aryl methyl sites for hydroxylation is 1. The molecule has 0 saturated heterocycles. The molecule has 6 rings (SSSR count). The molecule has 0 bridgehead atoms. The van der Waals surface area contributed by atoms with E-state index >= 15 is 0 Å². The highest BCUT2D eigenvalue weighted by molar-refractivity contribution is 6.38. The number of para-hydroxylation sites is 1. The van der Waals surface area contributed by atoms with E-state index in [1.54, 1.807) is 6.92 Å². The Morgan fingerprint density at radius 2 is 1.85 bits per heavy atom. The minimum absolute atomic E-state index is 0.116. The Morgan fingerprint density at radius 1 is 1.08 bits per heavy atom. The van der Waals surface area contributed by atoms with Gasteiger partial charge in [0.2, 0.25) is 23.2 Å². The number of halogens is 1. The average molecular weight is 543 g/mol. The van der Waals surface area contributed by atoms with Crippen LogP contribution in [0, 0.1) is 6.92 Å². The second kappa shape index (κ2) is 9.55. The summed E-state index contributed by atoms with van der Waals surface area (Å²) in [4.78, 5) is 43.8. The fourth-order valence-electron chi connectivity index (χ4n) is 4.58. The van der Waals surface area contributed by atoms with E-state index in [2.05, 4.69) is 25.8 Å². The van der Waals surface area contributed by atoms with E-state index in [1.807, 2.05) is 53.1 Å². The Kier molecular flexibility index (Phi) is 6.03. The van der Waals surface area contributed by atoms with Crippen molar-refractivity contribution in [1.29, 1.82) is 0 Å². The highest BCUT2D eigenvalue weighted by Gasteiger charge is 2.51. The molecule has 3 N–H and O–H groups in total. The monoisotopic (exact) mass is 542 g/mol. The molecule has 1 fully saturated rings. The number of aromatic amines is 1. The lowest BCUT2D eigenvalue weighted by Crippen LogP contribution is -2.49. The molecule has 2 amide bonds. The van der Waals surface area contributed by atoms with Crippen LogP contribution < -0.4 is 16.2 Å². The molecule has 3 aromatic heterocycles. The third-order valence-electron chi connectivity index (χ3n) is 6.75.